The van der Waals surface area contributed by atoms with Gasteiger partial charge in [0.1, 0.15) is 28.7 Å². The third-order valence-corrected chi connectivity index (χ3v) is 5.76. The zero-order valence-electron chi connectivity index (χ0n) is 20.3. The summed E-state index contributed by atoms with van der Waals surface area (Å²) >= 11 is 0.969. The number of rotatable bonds is 7. The fourth-order valence-corrected chi connectivity index (χ4v) is 3.92. The monoisotopic (exact) mass is 512 g/mol. The van der Waals surface area contributed by atoms with Gasteiger partial charge in [-0.05, 0) is 60.8 Å². The lowest BCUT2D eigenvalue weighted by atomic mass is 10.0. The molecule has 2 aromatic heterocycles. The van der Waals surface area contributed by atoms with Crippen LogP contribution < -0.4 is 15.2 Å². The van der Waals surface area contributed by atoms with E-state index in [2.05, 4.69) is 14.7 Å². The number of nitrogens with zero attached hydrogens (tertiary/aromatic N) is 2. The number of nitrogens with two attached hydrogens (primary N) is 1. The van der Waals surface area contributed by atoms with Crippen molar-refractivity contribution in [2.45, 2.75) is 25.7 Å². The molecule has 4 rings (SSSR count). The molecule has 0 spiro atoms. The molecule has 4 aromatic rings. The summed E-state index contributed by atoms with van der Waals surface area (Å²) in [6, 6.07) is 12.3. The van der Waals surface area contributed by atoms with E-state index < -0.39 is 17.6 Å². The number of esters is 1. The highest BCUT2D eigenvalue weighted by Gasteiger charge is 2.15. The number of nitrogens with one attached hydrogen (secondary N) is 1. The van der Waals surface area contributed by atoms with Gasteiger partial charge in [0.2, 0.25) is 5.88 Å². The number of benzene rings is 2. The normalized spacial score (nSPS) is 10.4. The summed E-state index contributed by atoms with van der Waals surface area (Å²) in [5.41, 5.74) is 8.77. The van der Waals surface area contributed by atoms with E-state index in [0.29, 0.717) is 22.5 Å². The maximum atomic E-state index is 14.0. The first-order valence-electron chi connectivity index (χ1n) is 11.2. The Balaban J connectivity index is 0.00000176. The Kier molecular flexibility index (Phi) is 9.02. The van der Waals surface area contributed by atoms with Crippen molar-refractivity contribution in [1.82, 2.24) is 9.97 Å². The van der Waals surface area contributed by atoms with Gasteiger partial charge < -0.3 is 19.9 Å². The molecule has 0 aliphatic rings. The van der Waals surface area contributed by atoms with Crippen molar-refractivity contribution >= 4 is 40.3 Å². The van der Waals surface area contributed by atoms with E-state index in [1.165, 1.54) is 19.2 Å². The number of pyridine rings is 2. The van der Waals surface area contributed by atoms with Crippen molar-refractivity contribution in [2.75, 3.05) is 24.2 Å². The number of anilines is 2. The molecular formula is C26H26F2N4O3S. The van der Waals surface area contributed by atoms with Gasteiger partial charge in [-0.1, -0.05) is 19.9 Å². The van der Waals surface area contributed by atoms with Gasteiger partial charge in [0.25, 0.3) is 0 Å². The number of carbonyl (C=O) groups excluding carboxylic acids is 1. The molecule has 188 valence electrons. The Morgan fingerprint density at radius 1 is 1.08 bits per heavy atom. The summed E-state index contributed by atoms with van der Waals surface area (Å²) in [5, 5.41) is 0.697. The molecule has 0 bridgehead atoms. The number of ether oxygens (including phenoxy) is 2. The van der Waals surface area contributed by atoms with Crippen molar-refractivity contribution < 1.29 is 23.0 Å². The Hall–Kier alpha value is -3.92. The topological polar surface area (TPSA) is 99.4 Å². The lowest BCUT2D eigenvalue weighted by molar-refractivity contribution is 0.0527. The first-order valence-corrected chi connectivity index (χ1v) is 12.0. The number of nitrogen functional groups attached to an aromatic ring is 1. The minimum absolute atomic E-state index is 0.0985. The van der Waals surface area contributed by atoms with Crippen LogP contribution in [0.1, 0.15) is 31.1 Å². The van der Waals surface area contributed by atoms with Crippen LogP contribution in [0, 0.1) is 11.6 Å². The lowest BCUT2D eigenvalue weighted by Crippen LogP contribution is -2.09. The van der Waals surface area contributed by atoms with Crippen molar-refractivity contribution in [3.63, 3.8) is 0 Å². The maximum Gasteiger partial charge on any atom is 0.341 e. The lowest BCUT2D eigenvalue weighted by Gasteiger charge is -2.12. The second-order valence-corrected chi connectivity index (χ2v) is 7.96. The van der Waals surface area contributed by atoms with E-state index in [-0.39, 0.29) is 22.9 Å². The van der Waals surface area contributed by atoms with Gasteiger partial charge in [-0.3, -0.25) is 0 Å². The molecule has 0 aliphatic heterocycles. The van der Waals surface area contributed by atoms with E-state index >= 15 is 0 Å². The number of hydrogen-bond acceptors (Lipinski definition) is 8. The van der Waals surface area contributed by atoms with Crippen LogP contribution in [0.5, 0.6) is 5.88 Å². The molecule has 0 fully saturated rings. The molecule has 2 aromatic carbocycles. The maximum absolute atomic E-state index is 14.0. The smallest absolute Gasteiger partial charge is 0.341 e. The van der Waals surface area contributed by atoms with Crippen LogP contribution in [0.15, 0.2) is 59.6 Å². The molecule has 7 nitrogen and oxygen atoms in total. The Labute approximate surface area is 212 Å². The quantitative estimate of drug-likeness (QED) is 0.214. The summed E-state index contributed by atoms with van der Waals surface area (Å²) in [5.74, 6) is -1.47. The standard InChI is InChI=1S/C24H20F2N4O3S.C2H6/c1-3-33-24(31)17-9-14-8-13(4-6-19(14)29-22(17)27)15-10-20(23(32-2)28-12-15)30-34-21-7-5-16(25)11-18(21)26;1-2/h4-12,30H,3H2,1-2H3,(H2,27,29);1-2H3. The number of hydrogen-bond donors (Lipinski definition) is 2. The van der Waals surface area contributed by atoms with E-state index in [1.54, 1.807) is 31.3 Å². The fraction of sp³-hybridized carbons (Fsp3) is 0.192. The molecular weight excluding hydrogens is 486 g/mol. The summed E-state index contributed by atoms with van der Waals surface area (Å²) in [4.78, 5) is 21.0. The highest BCUT2D eigenvalue weighted by Crippen LogP contribution is 2.33. The molecule has 10 heteroatoms. The van der Waals surface area contributed by atoms with E-state index in [0.717, 1.165) is 29.1 Å². The van der Waals surface area contributed by atoms with E-state index in [4.69, 9.17) is 15.2 Å². The van der Waals surface area contributed by atoms with Crippen LogP contribution in [0.4, 0.5) is 20.3 Å². The van der Waals surface area contributed by atoms with Crippen molar-refractivity contribution in [3.8, 4) is 17.0 Å². The molecule has 3 N–H and O–H groups in total. The third kappa shape index (κ3) is 6.01. The van der Waals surface area contributed by atoms with Crippen molar-refractivity contribution in [3.05, 3.63) is 71.9 Å². The average Bonchev–Trinajstić information content (AvgIpc) is 2.88. The fourth-order valence-electron chi connectivity index (χ4n) is 3.26. The SMILES string of the molecule is CC.CCOC(=O)c1cc2cc(-c3cnc(OC)c(NSc4ccc(F)cc4F)c3)ccc2nc1N. The molecule has 0 saturated heterocycles. The zero-order valence-corrected chi connectivity index (χ0v) is 21.1. The molecule has 0 atom stereocenters. The summed E-state index contributed by atoms with van der Waals surface area (Å²) in [6.07, 6.45) is 1.63. The van der Waals surface area contributed by atoms with Crippen molar-refractivity contribution in [1.29, 1.82) is 0 Å². The number of halogens is 2. The molecule has 0 aliphatic carbocycles. The summed E-state index contributed by atoms with van der Waals surface area (Å²) < 4.78 is 40.5. The van der Waals surface area contributed by atoms with Crippen molar-refractivity contribution in [2.24, 2.45) is 0 Å². The van der Waals surface area contributed by atoms with Gasteiger partial charge in [0, 0.05) is 23.2 Å². The third-order valence-electron chi connectivity index (χ3n) is 4.88. The molecule has 0 amide bonds. The largest absolute Gasteiger partial charge is 0.480 e. The van der Waals surface area contributed by atoms with Gasteiger partial charge in [0.05, 0.1) is 24.1 Å². The van der Waals surface area contributed by atoms with Crippen LogP contribution in [0.2, 0.25) is 0 Å². The molecule has 2 heterocycles. The van der Waals surface area contributed by atoms with Crippen LogP contribution >= 0.6 is 11.9 Å². The second-order valence-electron chi connectivity index (χ2n) is 7.11. The minimum Gasteiger partial charge on any atom is -0.480 e. The Morgan fingerprint density at radius 2 is 1.86 bits per heavy atom. The van der Waals surface area contributed by atoms with Crippen LogP contribution in [0.3, 0.4) is 0 Å². The van der Waals surface area contributed by atoms with Crippen LogP contribution in [0.25, 0.3) is 22.0 Å². The highest BCUT2D eigenvalue weighted by atomic mass is 32.2. The van der Waals surface area contributed by atoms with Gasteiger partial charge in [-0.25, -0.2) is 23.5 Å². The predicted molar refractivity (Wildman–Crippen MR) is 139 cm³/mol. The predicted octanol–water partition coefficient (Wildman–Crippen LogP) is 6.49. The first-order chi connectivity index (χ1) is 17.4. The zero-order chi connectivity index (χ0) is 26.2. The van der Waals surface area contributed by atoms with E-state index in [1.807, 2.05) is 26.0 Å². The Morgan fingerprint density at radius 3 is 2.56 bits per heavy atom. The number of methoxy groups -OCH3 is 1. The second kappa shape index (κ2) is 12.2. The number of carbonyl (C=O) groups is 1. The van der Waals surface area contributed by atoms with Crippen LogP contribution in [-0.4, -0.2) is 29.7 Å². The van der Waals surface area contributed by atoms with Gasteiger partial charge >= 0.3 is 5.97 Å². The molecule has 36 heavy (non-hydrogen) atoms. The molecule has 0 unspecified atom stereocenters. The molecule has 0 saturated carbocycles. The average molecular weight is 513 g/mol. The highest BCUT2D eigenvalue weighted by molar-refractivity contribution is 8.00. The minimum atomic E-state index is -0.681. The van der Waals surface area contributed by atoms with Crippen LogP contribution in [-0.2, 0) is 4.74 Å². The number of fused-ring (bicyclic) bond motifs is 1. The molecule has 0 radical (unpaired) electrons. The van der Waals surface area contributed by atoms with Gasteiger partial charge in [-0.2, -0.15) is 0 Å². The Bertz CT molecular complexity index is 1390. The number of aromatic nitrogens is 2. The van der Waals surface area contributed by atoms with E-state index in [9.17, 15) is 13.6 Å². The summed E-state index contributed by atoms with van der Waals surface area (Å²) in [6.45, 7) is 5.94. The summed E-state index contributed by atoms with van der Waals surface area (Å²) in [7, 11) is 1.47. The van der Waals surface area contributed by atoms with Gasteiger partial charge in [0.15, 0.2) is 0 Å². The van der Waals surface area contributed by atoms with Gasteiger partial charge in [-0.15, -0.1) is 0 Å². The first kappa shape index (κ1) is 26.7.